The van der Waals surface area contributed by atoms with Crippen LogP contribution in [0.5, 0.6) is 5.88 Å². The minimum absolute atomic E-state index is 0.457. The number of hydrogen-bond donors (Lipinski definition) is 1. The SMILES string of the molecule is COc1nc2ccc(C(O)(c3ccc(C)nc3C)c3cnnn3C)cc2c(Cl)c1Cc1ccc(-n2ccnc2)cc1. The number of halogens is 1. The summed E-state index contributed by atoms with van der Waals surface area (Å²) in [6, 6.07) is 17.5. The first-order chi connectivity index (χ1) is 19.8. The standard InChI is InChI=1S/C31H28ClN7O2/c1-19-5-11-26(20(2)35-19)31(40,28-17-34-37-38(28)3)22-8-12-27-24(16-22)29(32)25(30(36-27)41-4)15-21-6-9-23(10-7-21)39-14-13-33-18-39/h5-14,16-18,40H,15H2,1-4H3. The molecule has 10 heteroatoms. The number of imidazole rings is 1. The molecule has 0 spiro atoms. The molecule has 2 aromatic carbocycles. The highest BCUT2D eigenvalue weighted by Crippen LogP contribution is 2.41. The number of benzene rings is 2. The number of methoxy groups -OCH3 is 1. The molecule has 41 heavy (non-hydrogen) atoms. The molecule has 1 N–H and O–H groups in total. The van der Waals surface area contributed by atoms with E-state index < -0.39 is 5.60 Å². The van der Waals surface area contributed by atoms with E-state index in [1.54, 1.807) is 37.6 Å². The summed E-state index contributed by atoms with van der Waals surface area (Å²) in [6.07, 6.45) is 7.48. The zero-order valence-corrected chi connectivity index (χ0v) is 23.8. The zero-order valence-electron chi connectivity index (χ0n) is 23.1. The van der Waals surface area contributed by atoms with Crippen LogP contribution in [0.4, 0.5) is 0 Å². The third-order valence-electron chi connectivity index (χ3n) is 7.41. The second-order valence-electron chi connectivity index (χ2n) is 10.00. The predicted molar refractivity (Wildman–Crippen MR) is 156 cm³/mol. The Morgan fingerprint density at radius 1 is 1.02 bits per heavy atom. The first kappa shape index (κ1) is 26.6. The van der Waals surface area contributed by atoms with Crippen LogP contribution >= 0.6 is 11.6 Å². The van der Waals surface area contributed by atoms with E-state index in [0.29, 0.717) is 50.7 Å². The summed E-state index contributed by atoms with van der Waals surface area (Å²) in [5.41, 5.74) is 5.15. The summed E-state index contributed by atoms with van der Waals surface area (Å²) in [7, 11) is 3.34. The van der Waals surface area contributed by atoms with Crippen molar-refractivity contribution in [2.24, 2.45) is 7.05 Å². The lowest BCUT2D eigenvalue weighted by Gasteiger charge is -2.30. The maximum Gasteiger partial charge on any atom is 0.218 e. The Balaban J connectivity index is 1.48. The lowest BCUT2D eigenvalue weighted by molar-refractivity contribution is 0.115. The average Bonchev–Trinajstić information content (AvgIpc) is 3.67. The van der Waals surface area contributed by atoms with Gasteiger partial charge in [-0.25, -0.2) is 14.6 Å². The molecular weight excluding hydrogens is 538 g/mol. The largest absolute Gasteiger partial charge is 0.481 e. The van der Waals surface area contributed by atoms with Crippen LogP contribution in [0.2, 0.25) is 5.02 Å². The minimum atomic E-state index is -1.59. The molecule has 4 heterocycles. The van der Waals surface area contributed by atoms with Crippen molar-refractivity contribution in [1.29, 1.82) is 0 Å². The molecule has 0 aliphatic rings. The van der Waals surface area contributed by atoms with Crippen LogP contribution in [0.25, 0.3) is 16.6 Å². The summed E-state index contributed by atoms with van der Waals surface area (Å²) in [5.74, 6) is 0.457. The van der Waals surface area contributed by atoms with Gasteiger partial charge in [0.05, 0.1) is 35.9 Å². The monoisotopic (exact) mass is 565 g/mol. The number of nitrogens with zero attached hydrogens (tertiary/aromatic N) is 7. The predicted octanol–water partition coefficient (Wildman–Crippen LogP) is 5.10. The van der Waals surface area contributed by atoms with Crippen LogP contribution in [-0.2, 0) is 19.1 Å². The molecule has 0 bridgehead atoms. The zero-order chi connectivity index (χ0) is 28.7. The minimum Gasteiger partial charge on any atom is -0.481 e. The van der Waals surface area contributed by atoms with Gasteiger partial charge in [0.2, 0.25) is 5.88 Å². The highest BCUT2D eigenvalue weighted by atomic mass is 35.5. The molecular formula is C31H28ClN7O2. The van der Waals surface area contributed by atoms with E-state index in [1.807, 2.05) is 79.2 Å². The lowest BCUT2D eigenvalue weighted by atomic mass is 9.82. The van der Waals surface area contributed by atoms with E-state index >= 15 is 0 Å². The number of hydrogen-bond acceptors (Lipinski definition) is 7. The highest BCUT2D eigenvalue weighted by molar-refractivity contribution is 6.36. The Labute approximate surface area is 242 Å². The van der Waals surface area contributed by atoms with Gasteiger partial charge in [-0.05, 0) is 55.3 Å². The van der Waals surface area contributed by atoms with Crippen molar-refractivity contribution in [2.45, 2.75) is 25.9 Å². The van der Waals surface area contributed by atoms with Crippen molar-refractivity contribution in [1.82, 2.24) is 34.5 Å². The number of fused-ring (bicyclic) bond motifs is 1. The van der Waals surface area contributed by atoms with Gasteiger partial charge in [0.15, 0.2) is 5.60 Å². The molecule has 9 nitrogen and oxygen atoms in total. The Kier molecular flexibility index (Phi) is 6.76. The molecule has 0 amide bonds. The fraction of sp³-hybridized carbons (Fsp3) is 0.194. The van der Waals surface area contributed by atoms with Crippen molar-refractivity contribution in [2.75, 3.05) is 7.11 Å². The van der Waals surface area contributed by atoms with Crippen LogP contribution < -0.4 is 4.74 Å². The number of aliphatic hydroxyl groups is 1. The maximum absolute atomic E-state index is 12.5. The van der Waals surface area contributed by atoms with Crippen LogP contribution in [-0.4, -0.2) is 46.7 Å². The molecule has 0 fully saturated rings. The van der Waals surface area contributed by atoms with Gasteiger partial charge in [0.25, 0.3) is 0 Å². The fourth-order valence-electron chi connectivity index (χ4n) is 5.32. The Hall–Kier alpha value is -4.60. The Morgan fingerprint density at radius 2 is 1.83 bits per heavy atom. The Bertz CT molecular complexity index is 1870. The molecule has 0 aliphatic carbocycles. The quantitative estimate of drug-likeness (QED) is 0.287. The topological polar surface area (TPSA) is 104 Å². The van der Waals surface area contributed by atoms with E-state index in [2.05, 4.69) is 20.3 Å². The second kappa shape index (κ2) is 10.4. The van der Waals surface area contributed by atoms with Crippen LogP contribution in [0.3, 0.4) is 0 Å². The lowest BCUT2D eigenvalue weighted by Crippen LogP contribution is -2.32. The van der Waals surface area contributed by atoms with Gasteiger partial charge in [-0.2, -0.15) is 0 Å². The second-order valence-corrected chi connectivity index (χ2v) is 10.4. The summed E-state index contributed by atoms with van der Waals surface area (Å²) >= 11 is 7.11. The van der Waals surface area contributed by atoms with E-state index in [4.69, 9.17) is 21.3 Å². The molecule has 0 saturated heterocycles. The Morgan fingerprint density at radius 3 is 2.49 bits per heavy atom. The van der Waals surface area contributed by atoms with Crippen LogP contribution in [0.15, 0.2) is 79.5 Å². The van der Waals surface area contributed by atoms with Crippen LogP contribution in [0, 0.1) is 13.8 Å². The molecule has 6 aromatic rings. The van der Waals surface area contributed by atoms with Gasteiger partial charge in [0, 0.05) is 59.5 Å². The molecule has 0 aliphatic heterocycles. The van der Waals surface area contributed by atoms with E-state index in [0.717, 1.165) is 22.5 Å². The number of aryl methyl sites for hydroxylation is 3. The summed E-state index contributed by atoms with van der Waals surface area (Å²) in [5, 5.41) is 21.8. The third-order valence-corrected chi connectivity index (χ3v) is 7.84. The first-order valence-corrected chi connectivity index (χ1v) is 13.4. The molecule has 1 unspecified atom stereocenters. The number of ether oxygens (including phenoxy) is 1. The first-order valence-electron chi connectivity index (χ1n) is 13.1. The van der Waals surface area contributed by atoms with Crippen LogP contribution in [0.1, 0.15) is 39.3 Å². The molecule has 206 valence electrons. The number of pyridine rings is 2. The summed E-state index contributed by atoms with van der Waals surface area (Å²) < 4.78 is 9.18. The van der Waals surface area contributed by atoms with E-state index in [-0.39, 0.29) is 0 Å². The molecule has 4 aromatic heterocycles. The smallest absolute Gasteiger partial charge is 0.218 e. The van der Waals surface area contributed by atoms with Crippen molar-refractivity contribution < 1.29 is 9.84 Å². The average molecular weight is 566 g/mol. The summed E-state index contributed by atoms with van der Waals surface area (Å²) in [4.78, 5) is 13.5. The molecule has 1 atom stereocenters. The van der Waals surface area contributed by atoms with E-state index in [9.17, 15) is 5.11 Å². The van der Waals surface area contributed by atoms with Gasteiger partial charge >= 0.3 is 0 Å². The van der Waals surface area contributed by atoms with Gasteiger partial charge in [-0.3, -0.25) is 4.98 Å². The number of rotatable bonds is 7. The third kappa shape index (κ3) is 4.63. The highest BCUT2D eigenvalue weighted by Gasteiger charge is 2.39. The molecule has 0 saturated carbocycles. The van der Waals surface area contributed by atoms with Crippen molar-refractivity contribution in [3.63, 3.8) is 0 Å². The van der Waals surface area contributed by atoms with Crippen molar-refractivity contribution in [3.05, 3.63) is 124 Å². The van der Waals surface area contributed by atoms with Gasteiger partial charge in [-0.15, -0.1) is 5.10 Å². The molecule has 0 radical (unpaired) electrons. The van der Waals surface area contributed by atoms with E-state index in [1.165, 1.54) is 0 Å². The number of aromatic nitrogens is 7. The van der Waals surface area contributed by atoms with Crippen molar-refractivity contribution >= 4 is 22.5 Å². The fourth-order valence-corrected chi connectivity index (χ4v) is 5.62. The van der Waals surface area contributed by atoms with Gasteiger partial charge in [0.1, 0.15) is 0 Å². The summed E-state index contributed by atoms with van der Waals surface area (Å²) in [6.45, 7) is 3.80. The van der Waals surface area contributed by atoms with Crippen molar-refractivity contribution in [3.8, 4) is 11.6 Å². The van der Waals surface area contributed by atoms with Gasteiger partial charge in [-0.1, -0.05) is 41.1 Å². The normalized spacial score (nSPS) is 12.9. The van der Waals surface area contributed by atoms with Gasteiger partial charge < -0.3 is 14.4 Å². The molecule has 6 rings (SSSR count). The maximum atomic E-state index is 12.5.